The van der Waals surface area contributed by atoms with E-state index in [-0.39, 0.29) is 0 Å². The normalized spacial score (nSPS) is 9.56. The van der Waals surface area contributed by atoms with Crippen LogP contribution in [0.3, 0.4) is 0 Å². The summed E-state index contributed by atoms with van der Waals surface area (Å²) < 4.78 is 10.5. The number of aryl methyl sites for hydroxylation is 1. The summed E-state index contributed by atoms with van der Waals surface area (Å²) in [5.41, 5.74) is 1.06. The van der Waals surface area contributed by atoms with Gasteiger partial charge in [-0.15, -0.1) is 11.8 Å². The van der Waals surface area contributed by atoms with Crippen LogP contribution in [0.15, 0.2) is 12.1 Å². The maximum Gasteiger partial charge on any atom is 0.141 e. The Bertz CT molecular complexity index is 444. The van der Waals surface area contributed by atoms with E-state index in [0.29, 0.717) is 10.8 Å². The number of rotatable bonds is 5. The first-order chi connectivity index (χ1) is 8.72. The molecule has 0 saturated carbocycles. The van der Waals surface area contributed by atoms with Gasteiger partial charge in [-0.2, -0.15) is 0 Å². The summed E-state index contributed by atoms with van der Waals surface area (Å²) in [7, 11) is 3.24. The van der Waals surface area contributed by atoms with Gasteiger partial charge in [0.1, 0.15) is 11.5 Å². The van der Waals surface area contributed by atoms with Crippen molar-refractivity contribution in [1.82, 2.24) is 0 Å². The smallest absolute Gasteiger partial charge is 0.141 e. The fraction of sp³-hybridized carbons (Fsp3) is 0.467. The van der Waals surface area contributed by atoms with Crippen molar-refractivity contribution in [2.45, 2.75) is 32.6 Å². The van der Waals surface area contributed by atoms with Gasteiger partial charge in [-0.05, 0) is 24.5 Å². The van der Waals surface area contributed by atoms with Gasteiger partial charge >= 0.3 is 0 Å². The zero-order valence-corrected chi connectivity index (χ0v) is 11.9. The van der Waals surface area contributed by atoms with Crippen LogP contribution in [0.2, 0.25) is 5.02 Å². The van der Waals surface area contributed by atoms with Gasteiger partial charge in [0, 0.05) is 18.9 Å². The summed E-state index contributed by atoms with van der Waals surface area (Å²) in [4.78, 5) is 0. The van der Waals surface area contributed by atoms with Crippen molar-refractivity contribution in [2.75, 3.05) is 14.2 Å². The second-order valence-electron chi connectivity index (χ2n) is 3.90. The van der Waals surface area contributed by atoms with Gasteiger partial charge in [-0.25, -0.2) is 0 Å². The van der Waals surface area contributed by atoms with E-state index in [9.17, 15) is 0 Å². The Kier molecular flexibility index (Phi) is 6.46. The van der Waals surface area contributed by atoms with Crippen molar-refractivity contribution >= 4 is 11.6 Å². The van der Waals surface area contributed by atoms with E-state index in [2.05, 4.69) is 18.8 Å². The predicted octanol–water partition coefficient (Wildman–Crippen LogP) is 4.09. The van der Waals surface area contributed by atoms with Gasteiger partial charge in [0.05, 0.1) is 19.2 Å². The fourth-order valence-corrected chi connectivity index (χ4v) is 1.88. The molecule has 2 nitrogen and oxygen atoms in total. The highest BCUT2D eigenvalue weighted by Gasteiger charge is 2.09. The van der Waals surface area contributed by atoms with Crippen LogP contribution in [0.1, 0.15) is 31.7 Å². The van der Waals surface area contributed by atoms with Crippen molar-refractivity contribution < 1.29 is 9.47 Å². The standard InChI is InChI=1S/C15H19ClO2/c1-4-5-6-7-8-9-12-10-13(16)15(18-3)11-14(12)17-2/h10-11H,4-5,8-9H2,1-3H3. The topological polar surface area (TPSA) is 18.5 Å². The van der Waals surface area contributed by atoms with Crippen LogP contribution < -0.4 is 9.47 Å². The molecule has 0 amide bonds. The molecule has 0 spiro atoms. The van der Waals surface area contributed by atoms with Gasteiger partial charge in [-0.1, -0.05) is 18.5 Å². The number of hydrogen-bond donors (Lipinski definition) is 0. The van der Waals surface area contributed by atoms with E-state index >= 15 is 0 Å². The Morgan fingerprint density at radius 2 is 1.72 bits per heavy atom. The summed E-state index contributed by atoms with van der Waals surface area (Å²) in [5.74, 6) is 7.72. The lowest BCUT2D eigenvalue weighted by atomic mass is 10.1. The molecule has 1 aromatic carbocycles. The molecule has 0 unspecified atom stereocenters. The minimum atomic E-state index is 0.606. The first-order valence-electron chi connectivity index (χ1n) is 6.09. The summed E-state index contributed by atoms with van der Waals surface area (Å²) in [6.45, 7) is 2.13. The average molecular weight is 267 g/mol. The first kappa shape index (κ1) is 14.7. The van der Waals surface area contributed by atoms with E-state index in [1.165, 1.54) is 0 Å². The molecule has 98 valence electrons. The van der Waals surface area contributed by atoms with Gasteiger partial charge in [-0.3, -0.25) is 0 Å². The Hall–Kier alpha value is -1.33. The molecular formula is C15H19ClO2. The number of unbranched alkanes of at least 4 members (excludes halogenated alkanes) is 1. The van der Waals surface area contributed by atoms with E-state index in [1.54, 1.807) is 14.2 Å². The molecule has 0 aliphatic carbocycles. The molecule has 0 heterocycles. The minimum Gasteiger partial charge on any atom is -0.496 e. The van der Waals surface area contributed by atoms with Gasteiger partial charge in [0.25, 0.3) is 0 Å². The highest BCUT2D eigenvalue weighted by molar-refractivity contribution is 6.32. The van der Waals surface area contributed by atoms with Crippen molar-refractivity contribution in [2.24, 2.45) is 0 Å². The summed E-state index contributed by atoms with van der Waals surface area (Å²) in [6, 6.07) is 3.71. The maximum atomic E-state index is 6.10. The third-order valence-corrected chi connectivity index (χ3v) is 2.87. The maximum absolute atomic E-state index is 6.10. The van der Waals surface area contributed by atoms with Crippen molar-refractivity contribution in [1.29, 1.82) is 0 Å². The molecule has 0 atom stereocenters. The van der Waals surface area contributed by atoms with Crippen LogP contribution >= 0.6 is 11.6 Å². The quantitative estimate of drug-likeness (QED) is 0.747. The van der Waals surface area contributed by atoms with Gasteiger partial charge < -0.3 is 9.47 Å². The largest absolute Gasteiger partial charge is 0.496 e. The molecular weight excluding hydrogens is 248 g/mol. The SMILES string of the molecule is CCCC#CCCc1cc(Cl)c(OC)cc1OC. The summed E-state index contributed by atoms with van der Waals surface area (Å²) in [5, 5.41) is 0.606. The monoisotopic (exact) mass is 266 g/mol. The number of ether oxygens (including phenoxy) is 2. The average Bonchev–Trinajstić information content (AvgIpc) is 2.38. The lowest BCUT2D eigenvalue weighted by Gasteiger charge is -2.11. The van der Waals surface area contributed by atoms with Crippen LogP contribution in [-0.2, 0) is 6.42 Å². The van der Waals surface area contributed by atoms with Crippen LogP contribution in [-0.4, -0.2) is 14.2 Å². The molecule has 18 heavy (non-hydrogen) atoms. The van der Waals surface area contributed by atoms with Gasteiger partial charge in [0.2, 0.25) is 0 Å². The summed E-state index contributed by atoms with van der Waals surface area (Å²) >= 11 is 6.10. The second kappa shape index (κ2) is 7.89. The fourth-order valence-electron chi connectivity index (χ4n) is 1.62. The molecule has 0 N–H and O–H groups in total. The van der Waals surface area contributed by atoms with Crippen LogP contribution in [0.5, 0.6) is 11.5 Å². The molecule has 0 radical (unpaired) electrons. The van der Waals surface area contributed by atoms with Crippen molar-refractivity contribution in [3.8, 4) is 23.3 Å². The number of hydrogen-bond acceptors (Lipinski definition) is 2. The molecule has 0 aromatic heterocycles. The lowest BCUT2D eigenvalue weighted by Crippen LogP contribution is -1.94. The minimum absolute atomic E-state index is 0.606. The molecule has 0 saturated heterocycles. The third kappa shape index (κ3) is 4.16. The van der Waals surface area contributed by atoms with Crippen LogP contribution in [0.25, 0.3) is 0 Å². The predicted molar refractivity (Wildman–Crippen MR) is 75.6 cm³/mol. The first-order valence-corrected chi connectivity index (χ1v) is 6.46. The van der Waals surface area contributed by atoms with E-state index in [1.807, 2.05) is 12.1 Å². The Balaban J connectivity index is 2.76. The van der Waals surface area contributed by atoms with E-state index < -0.39 is 0 Å². The molecule has 0 aliphatic heterocycles. The van der Waals surface area contributed by atoms with Crippen molar-refractivity contribution in [3.05, 3.63) is 22.7 Å². The second-order valence-corrected chi connectivity index (χ2v) is 4.31. The van der Waals surface area contributed by atoms with Crippen LogP contribution in [0, 0.1) is 11.8 Å². The number of methoxy groups -OCH3 is 2. The van der Waals surface area contributed by atoms with Gasteiger partial charge in [0.15, 0.2) is 0 Å². The molecule has 0 bridgehead atoms. The van der Waals surface area contributed by atoms with Crippen molar-refractivity contribution in [3.63, 3.8) is 0 Å². The lowest BCUT2D eigenvalue weighted by molar-refractivity contribution is 0.391. The zero-order valence-electron chi connectivity index (χ0n) is 11.2. The molecule has 3 heteroatoms. The summed E-state index contributed by atoms with van der Waals surface area (Å²) in [6.07, 6.45) is 3.72. The van der Waals surface area contributed by atoms with E-state index in [4.69, 9.17) is 21.1 Å². The molecule has 1 rings (SSSR count). The molecule has 0 aliphatic rings. The van der Waals surface area contributed by atoms with E-state index in [0.717, 1.165) is 37.0 Å². The number of benzene rings is 1. The molecule has 1 aromatic rings. The number of halogens is 1. The Morgan fingerprint density at radius 3 is 2.33 bits per heavy atom. The molecule has 0 fully saturated rings. The highest BCUT2D eigenvalue weighted by atomic mass is 35.5. The zero-order chi connectivity index (χ0) is 13.4. The third-order valence-electron chi connectivity index (χ3n) is 2.57. The highest BCUT2D eigenvalue weighted by Crippen LogP contribution is 2.33. The Labute approximate surface area is 114 Å². The van der Waals surface area contributed by atoms with Crippen LogP contribution in [0.4, 0.5) is 0 Å². The Morgan fingerprint density at radius 1 is 1.06 bits per heavy atom.